The maximum absolute atomic E-state index is 14.2. The largest absolute Gasteiger partial charge is 0.497 e. The Hall–Kier alpha value is -4.36. The molecule has 2 aromatic carbocycles. The average molecular weight is 418 g/mol. The Morgan fingerprint density at radius 1 is 1.10 bits per heavy atom. The smallest absolute Gasteiger partial charge is 0.337 e. The molecule has 8 nitrogen and oxygen atoms in total. The van der Waals surface area contributed by atoms with Crippen LogP contribution in [0.4, 0.5) is 4.39 Å². The zero-order valence-electron chi connectivity index (χ0n) is 16.5. The van der Waals surface area contributed by atoms with E-state index in [1.54, 1.807) is 31.4 Å². The fraction of sp³-hybridized carbons (Fsp3) is 0.0909. The molecule has 4 rings (SSSR count). The Labute approximate surface area is 176 Å². The maximum Gasteiger partial charge on any atom is 0.337 e. The van der Waals surface area contributed by atoms with Crippen molar-refractivity contribution in [3.05, 3.63) is 88.0 Å². The van der Waals surface area contributed by atoms with Crippen LogP contribution < -0.4 is 9.47 Å². The van der Waals surface area contributed by atoms with Crippen LogP contribution in [0.25, 0.3) is 5.70 Å². The van der Waals surface area contributed by atoms with Crippen LogP contribution in [-0.2, 0) is 4.79 Å². The van der Waals surface area contributed by atoms with Crippen LogP contribution in [-0.4, -0.2) is 36.6 Å². The number of halogens is 1. The summed E-state index contributed by atoms with van der Waals surface area (Å²) in [5.74, 6) is -0.379. The first-order valence-corrected chi connectivity index (χ1v) is 9.05. The number of carbonyl (C=O) groups excluding carboxylic acids is 1. The van der Waals surface area contributed by atoms with E-state index in [2.05, 4.69) is 21.0 Å². The van der Waals surface area contributed by atoms with Gasteiger partial charge in [0.2, 0.25) is 0 Å². The molecule has 2 aromatic rings. The number of methoxy groups -OCH3 is 2. The summed E-state index contributed by atoms with van der Waals surface area (Å²) in [6.07, 6.45) is 2.91. The lowest BCUT2D eigenvalue weighted by Crippen LogP contribution is -2.26. The number of hydrogen-bond acceptors (Lipinski definition) is 7. The van der Waals surface area contributed by atoms with Gasteiger partial charge in [0.25, 0.3) is 0 Å². The van der Waals surface area contributed by atoms with Crippen molar-refractivity contribution in [3.8, 4) is 11.5 Å². The second kappa shape index (κ2) is 8.17. The van der Waals surface area contributed by atoms with Crippen LogP contribution in [0.3, 0.4) is 0 Å². The Morgan fingerprint density at radius 2 is 1.87 bits per heavy atom. The fourth-order valence-electron chi connectivity index (χ4n) is 3.08. The van der Waals surface area contributed by atoms with Crippen molar-refractivity contribution >= 4 is 23.0 Å². The zero-order chi connectivity index (χ0) is 22.0. The molecule has 0 unspecified atom stereocenters. The Kier molecular flexibility index (Phi) is 5.26. The van der Waals surface area contributed by atoms with Crippen molar-refractivity contribution in [3.63, 3.8) is 0 Å². The van der Waals surface area contributed by atoms with Crippen molar-refractivity contribution in [1.29, 1.82) is 0 Å². The van der Waals surface area contributed by atoms with E-state index in [4.69, 9.17) is 9.47 Å². The van der Waals surface area contributed by atoms with E-state index in [0.29, 0.717) is 28.5 Å². The minimum absolute atomic E-state index is 0.215. The van der Waals surface area contributed by atoms with Gasteiger partial charge in [-0.05, 0) is 30.3 Å². The maximum atomic E-state index is 14.2. The molecule has 0 aromatic heterocycles. The Bertz CT molecular complexity index is 1260. The van der Waals surface area contributed by atoms with Crippen LogP contribution in [0, 0.1) is 10.7 Å². The summed E-state index contributed by atoms with van der Waals surface area (Å²) in [6, 6.07) is 11.4. The molecular formula is C22H15FN4O4. The molecule has 154 valence electrons. The van der Waals surface area contributed by atoms with E-state index < -0.39 is 11.7 Å². The summed E-state index contributed by atoms with van der Waals surface area (Å²) in [5, 5.41) is 7.86. The van der Waals surface area contributed by atoms with E-state index in [1.165, 1.54) is 30.3 Å². The molecule has 0 radical (unpaired) electrons. The lowest BCUT2D eigenvalue weighted by atomic mass is 10.0. The third-order valence-corrected chi connectivity index (χ3v) is 4.54. The number of ether oxygens (including phenoxy) is 2. The number of fused-ring (bicyclic) bond motifs is 1. The number of rotatable bonds is 5. The van der Waals surface area contributed by atoms with E-state index in [1.807, 2.05) is 12.1 Å². The number of carbonyl (C=O) groups is 1. The molecule has 1 amide bonds. The highest BCUT2D eigenvalue weighted by Crippen LogP contribution is 2.33. The van der Waals surface area contributed by atoms with Crippen molar-refractivity contribution in [2.24, 2.45) is 15.3 Å². The molecule has 0 N–H and O–H groups in total. The number of hydrogen-bond donors (Lipinski definition) is 0. The normalized spacial score (nSPS) is 14.6. The van der Waals surface area contributed by atoms with Crippen molar-refractivity contribution in [2.45, 2.75) is 0 Å². The molecular weight excluding hydrogens is 403 g/mol. The molecule has 0 bridgehead atoms. The lowest BCUT2D eigenvalue weighted by Gasteiger charge is -2.27. The van der Waals surface area contributed by atoms with Crippen LogP contribution in [0.15, 0.2) is 81.4 Å². The first kappa shape index (κ1) is 19.9. The molecule has 2 heterocycles. The first-order chi connectivity index (χ1) is 15.0. The van der Waals surface area contributed by atoms with Crippen LogP contribution >= 0.6 is 0 Å². The third-order valence-electron chi connectivity index (χ3n) is 4.54. The second-order valence-corrected chi connectivity index (χ2v) is 6.44. The number of aliphatic imine (C=N–C) groups is 1. The second-order valence-electron chi connectivity index (χ2n) is 6.44. The van der Waals surface area contributed by atoms with Gasteiger partial charge < -0.3 is 9.47 Å². The summed E-state index contributed by atoms with van der Waals surface area (Å²) in [7, 11) is 2.99. The number of nitroso groups, excluding NO2 is 1. The molecule has 9 heteroatoms. The monoisotopic (exact) mass is 418 g/mol. The number of hydrazone groups is 1. The Balaban J connectivity index is 1.91. The highest BCUT2D eigenvalue weighted by Gasteiger charge is 2.27. The van der Waals surface area contributed by atoms with Crippen molar-refractivity contribution in [1.82, 2.24) is 5.01 Å². The summed E-state index contributed by atoms with van der Waals surface area (Å²) in [4.78, 5) is 26.9. The van der Waals surface area contributed by atoms with E-state index in [9.17, 15) is 14.1 Å². The highest BCUT2D eigenvalue weighted by molar-refractivity contribution is 6.43. The zero-order valence-corrected chi connectivity index (χ0v) is 16.5. The number of allylic oxidation sites excluding steroid dienone is 1. The summed E-state index contributed by atoms with van der Waals surface area (Å²) < 4.78 is 24.7. The van der Waals surface area contributed by atoms with Gasteiger partial charge in [-0.2, -0.15) is 5.10 Å². The van der Waals surface area contributed by atoms with Crippen LogP contribution in [0.1, 0.15) is 11.1 Å². The van der Waals surface area contributed by atoms with Gasteiger partial charge in [0.1, 0.15) is 17.3 Å². The predicted octanol–water partition coefficient (Wildman–Crippen LogP) is 3.65. The quantitative estimate of drug-likeness (QED) is 0.546. The summed E-state index contributed by atoms with van der Waals surface area (Å²) in [6.45, 7) is 0. The highest BCUT2D eigenvalue weighted by atomic mass is 19.1. The SMILES string of the molecule is COc1cc(F)cc(C2=CC(c3cccc(OC)c3)=NC3=C=CC(C(=O)N=O)=NN32)c1. The third kappa shape index (κ3) is 3.90. The average Bonchev–Trinajstić information content (AvgIpc) is 2.82. The lowest BCUT2D eigenvalue weighted by molar-refractivity contribution is -0.111. The number of benzene rings is 2. The van der Waals surface area contributed by atoms with Gasteiger partial charge in [-0.15, -0.1) is 4.91 Å². The van der Waals surface area contributed by atoms with Gasteiger partial charge in [0.05, 0.1) is 25.6 Å². The minimum atomic E-state index is -1.05. The van der Waals surface area contributed by atoms with Gasteiger partial charge >= 0.3 is 5.91 Å². The molecule has 31 heavy (non-hydrogen) atoms. The Morgan fingerprint density at radius 3 is 2.61 bits per heavy atom. The fourth-order valence-corrected chi connectivity index (χ4v) is 3.08. The standard InChI is InChI=1S/C22H15FN4O4/c1-30-16-5-3-4-13(9-16)19-12-20(14-8-15(23)11-17(10-14)31-2)27-21(24-19)7-6-18(25-27)22(28)26-29/h3-6,8-12H,1-2H3. The van der Waals surface area contributed by atoms with Crippen LogP contribution in [0.2, 0.25) is 0 Å². The van der Waals surface area contributed by atoms with E-state index in [0.717, 1.165) is 5.56 Å². The molecule has 0 spiro atoms. The summed E-state index contributed by atoms with van der Waals surface area (Å²) >= 11 is 0. The molecule has 0 aliphatic carbocycles. The molecule has 0 saturated heterocycles. The van der Waals surface area contributed by atoms with E-state index >= 15 is 0 Å². The van der Waals surface area contributed by atoms with Crippen molar-refractivity contribution < 1.29 is 18.7 Å². The molecule has 2 aliphatic rings. The van der Waals surface area contributed by atoms with Gasteiger partial charge in [-0.25, -0.2) is 14.4 Å². The molecule has 2 aliphatic heterocycles. The van der Waals surface area contributed by atoms with Gasteiger partial charge in [-0.3, -0.25) is 4.79 Å². The van der Waals surface area contributed by atoms with Gasteiger partial charge in [0, 0.05) is 28.4 Å². The topological polar surface area (TPSA) is 92.9 Å². The van der Waals surface area contributed by atoms with Crippen LogP contribution in [0.5, 0.6) is 11.5 Å². The number of amides is 1. The van der Waals surface area contributed by atoms with Gasteiger partial charge in [0.15, 0.2) is 11.5 Å². The van der Waals surface area contributed by atoms with E-state index in [-0.39, 0.29) is 11.5 Å². The van der Waals surface area contributed by atoms with Crippen molar-refractivity contribution in [2.75, 3.05) is 14.2 Å². The molecule has 0 saturated carbocycles. The number of nitrogens with zero attached hydrogens (tertiary/aromatic N) is 4. The molecule has 0 fully saturated rings. The molecule has 0 atom stereocenters. The predicted molar refractivity (Wildman–Crippen MR) is 112 cm³/mol. The first-order valence-electron chi connectivity index (χ1n) is 9.05. The minimum Gasteiger partial charge on any atom is -0.497 e. The van der Waals surface area contributed by atoms with Gasteiger partial charge in [-0.1, -0.05) is 17.9 Å². The summed E-state index contributed by atoms with van der Waals surface area (Å²) in [5.41, 5.74) is 4.73.